The van der Waals surface area contributed by atoms with E-state index >= 15 is 0 Å². The highest BCUT2D eigenvalue weighted by Crippen LogP contribution is 2.49. The number of aromatic hydroxyl groups is 2. The largest absolute Gasteiger partial charge is 0.504 e. The molecule has 0 amide bonds. The SMILES string of the molecule is Cl.[2H]c1c([2H])c2c3c(c1[2H])-c1c(O)c(O)c([2H])c([2H])c1C[C@@H]3N(C)CC2. The van der Waals surface area contributed by atoms with E-state index < -0.39 is 17.5 Å². The Kier molecular flexibility index (Phi) is 2.19. The molecule has 1 aliphatic heterocycles. The summed E-state index contributed by atoms with van der Waals surface area (Å²) in [6.45, 7) is 0.695. The molecule has 3 nitrogen and oxygen atoms in total. The van der Waals surface area contributed by atoms with Crippen LogP contribution in [0.5, 0.6) is 11.5 Å². The zero-order valence-electron chi connectivity index (χ0n) is 16.4. The lowest BCUT2D eigenvalue weighted by Gasteiger charge is -2.39. The molecule has 2 aromatic rings. The second-order valence-electron chi connectivity index (χ2n) is 5.39. The Morgan fingerprint density at radius 3 is 2.81 bits per heavy atom. The third-order valence-electron chi connectivity index (χ3n) is 4.32. The molecule has 0 bridgehead atoms. The number of phenols is 2. The molecule has 2 aliphatic rings. The predicted octanol–water partition coefficient (Wildman–Crippen LogP) is 3.27. The van der Waals surface area contributed by atoms with E-state index in [4.69, 9.17) is 6.85 Å². The van der Waals surface area contributed by atoms with Crippen molar-refractivity contribution < 1.29 is 17.1 Å². The summed E-state index contributed by atoms with van der Waals surface area (Å²) in [5, 5.41) is 20.5. The van der Waals surface area contributed by atoms with Crippen molar-refractivity contribution in [2.45, 2.75) is 18.9 Å². The maximum atomic E-state index is 10.5. The van der Waals surface area contributed by atoms with E-state index in [0.29, 0.717) is 36.1 Å². The molecule has 4 heteroatoms. The molecule has 0 fully saturated rings. The molecule has 0 saturated carbocycles. The number of phenolic OH excluding ortho intramolecular Hbond substituents is 2. The third kappa shape index (κ3) is 1.92. The summed E-state index contributed by atoms with van der Waals surface area (Å²) in [6.07, 6.45) is 0.938. The molecule has 1 heterocycles. The van der Waals surface area contributed by atoms with Gasteiger partial charge in [-0.2, -0.15) is 0 Å². The normalized spacial score (nSPS) is 22.7. The van der Waals surface area contributed by atoms with Crippen molar-refractivity contribution in [1.29, 1.82) is 0 Å². The van der Waals surface area contributed by atoms with Gasteiger partial charge in [0, 0.05) is 18.2 Å². The van der Waals surface area contributed by atoms with E-state index in [1.54, 1.807) is 0 Å². The van der Waals surface area contributed by atoms with Gasteiger partial charge in [-0.1, -0.05) is 24.2 Å². The second kappa shape index (κ2) is 4.93. The Hall–Kier alpha value is -1.71. The van der Waals surface area contributed by atoms with Crippen LogP contribution in [0.15, 0.2) is 30.2 Å². The summed E-state index contributed by atoms with van der Waals surface area (Å²) in [4.78, 5) is 2.07. The van der Waals surface area contributed by atoms with Gasteiger partial charge in [0.25, 0.3) is 0 Å². The summed E-state index contributed by atoms with van der Waals surface area (Å²) in [5.41, 5.74) is 2.32. The molecule has 0 radical (unpaired) electrons. The Morgan fingerprint density at radius 1 is 1.19 bits per heavy atom. The molecule has 4 rings (SSSR count). The van der Waals surface area contributed by atoms with Crippen LogP contribution in [-0.4, -0.2) is 28.7 Å². The molecule has 1 aliphatic carbocycles. The number of hydrogen-bond donors (Lipinski definition) is 2. The van der Waals surface area contributed by atoms with Gasteiger partial charge in [-0.25, -0.2) is 0 Å². The molecule has 21 heavy (non-hydrogen) atoms. The second-order valence-corrected chi connectivity index (χ2v) is 5.39. The van der Waals surface area contributed by atoms with Crippen LogP contribution in [0.4, 0.5) is 0 Å². The first-order valence-electron chi connectivity index (χ1n) is 9.12. The van der Waals surface area contributed by atoms with Gasteiger partial charge >= 0.3 is 0 Å². The first-order valence-corrected chi connectivity index (χ1v) is 6.62. The van der Waals surface area contributed by atoms with Gasteiger partial charge in [0.2, 0.25) is 0 Å². The fourth-order valence-electron chi connectivity index (χ4n) is 3.27. The van der Waals surface area contributed by atoms with Crippen LogP contribution in [0.1, 0.15) is 29.6 Å². The summed E-state index contributed by atoms with van der Waals surface area (Å²) >= 11 is 0. The Labute approximate surface area is 137 Å². The van der Waals surface area contributed by atoms with Crippen LogP contribution in [-0.2, 0) is 12.8 Å². The van der Waals surface area contributed by atoms with Gasteiger partial charge in [-0.15, -0.1) is 12.4 Å². The van der Waals surface area contributed by atoms with Crippen molar-refractivity contribution >= 4 is 12.4 Å². The Bertz CT molecular complexity index is 950. The molecule has 0 saturated heterocycles. The van der Waals surface area contributed by atoms with E-state index in [0.717, 1.165) is 5.56 Å². The van der Waals surface area contributed by atoms with Gasteiger partial charge in [-0.3, -0.25) is 4.90 Å². The number of fused-ring (bicyclic) bond motifs is 2. The highest BCUT2D eigenvalue weighted by atomic mass is 35.5. The number of benzene rings is 2. The zero-order valence-corrected chi connectivity index (χ0v) is 12.3. The number of hydrogen-bond acceptors (Lipinski definition) is 3. The van der Waals surface area contributed by atoms with E-state index in [1.807, 2.05) is 7.05 Å². The van der Waals surface area contributed by atoms with Crippen LogP contribution >= 0.6 is 12.4 Å². The number of halogens is 1. The third-order valence-corrected chi connectivity index (χ3v) is 4.32. The first-order chi connectivity index (χ1) is 11.8. The molecule has 0 aromatic heterocycles. The lowest BCUT2D eigenvalue weighted by Crippen LogP contribution is -2.35. The fourth-order valence-corrected chi connectivity index (χ4v) is 3.27. The number of nitrogens with zero attached hydrogens (tertiary/aromatic N) is 1. The zero-order chi connectivity index (χ0) is 18.2. The Morgan fingerprint density at radius 2 is 2.00 bits per heavy atom. The summed E-state index contributed by atoms with van der Waals surface area (Å²) in [6, 6.07) is -1.14. The van der Waals surface area contributed by atoms with Gasteiger partial charge < -0.3 is 10.2 Å². The van der Waals surface area contributed by atoms with Crippen LogP contribution in [0.3, 0.4) is 0 Å². The monoisotopic (exact) mass is 308 g/mol. The highest BCUT2D eigenvalue weighted by molar-refractivity contribution is 5.85. The summed E-state index contributed by atoms with van der Waals surface area (Å²) in [7, 11) is 1.93. The summed E-state index contributed by atoms with van der Waals surface area (Å²) in [5.74, 6) is -1.20. The van der Waals surface area contributed by atoms with Gasteiger partial charge in [-0.05, 0) is 48.2 Å². The minimum absolute atomic E-state index is 0. The van der Waals surface area contributed by atoms with Crippen molar-refractivity contribution in [1.82, 2.24) is 4.90 Å². The fraction of sp³-hybridized carbons (Fsp3) is 0.294. The highest BCUT2D eigenvalue weighted by Gasteiger charge is 2.33. The van der Waals surface area contributed by atoms with Crippen molar-refractivity contribution in [2.75, 3.05) is 13.6 Å². The van der Waals surface area contributed by atoms with Gasteiger partial charge in [0.05, 0.1) is 6.85 Å². The van der Waals surface area contributed by atoms with Crippen molar-refractivity contribution in [3.05, 3.63) is 46.9 Å². The lowest BCUT2D eigenvalue weighted by molar-refractivity contribution is 0.228. The maximum Gasteiger partial charge on any atom is 0.165 e. The van der Waals surface area contributed by atoms with Crippen LogP contribution in [0.25, 0.3) is 11.1 Å². The quantitative estimate of drug-likeness (QED) is 0.734. The number of likely N-dealkylation sites (N-methyl/N-ethyl adjacent to an activating group) is 1. The maximum absolute atomic E-state index is 10.5. The van der Waals surface area contributed by atoms with Crippen LogP contribution in [0.2, 0.25) is 0 Å². The standard InChI is InChI=1S/C17H17NO2.ClH/c1-18-8-7-10-3-2-4-12-15(10)13(18)9-11-5-6-14(19)17(20)16(11)12;/h2-6,13,19-20H,7-9H2,1H3;1H/t13-;/m0./s1/i2D,3D,4D,5D,6D;. The number of rotatable bonds is 0. The van der Waals surface area contributed by atoms with E-state index in [9.17, 15) is 10.2 Å². The van der Waals surface area contributed by atoms with E-state index in [-0.39, 0.29) is 48.2 Å². The van der Waals surface area contributed by atoms with Gasteiger partial charge in [0.15, 0.2) is 11.5 Å². The first kappa shape index (κ1) is 9.34. The van der Waals surface area contributed by atoms with E-state index in [2.05, 4.69) is 4.90 Å². The molecular weight excluding hydrogens is 286 g/mol. The molecule has 110 valence electrons. The summed E-state index contributed by atoms with van der Waals surface area (Å²) < 4.78 is 40.7. The molecule has 2 aromatic carbocycles. The molecule has 2 N–H and O–H groups in total. The van der Waals surface area contributed by atoms with Crippen molar-refractivity contribution in [3.8, 4) is 22.6 Å². The topological polar surface area (TPSA) is 43.7 Å². The van der Waals surface area contributed by atoms with E-state index in [1.165, 1.54) is 0 Å². The minimum atomic E-state index is -0.680. The molecule has 0 spiro atoms. The van der Waals surface area contributed by atoms with Gasteiger partial charge in [0.1, 0.15) is 0 Å². The van der Waals surface area contributed by atoms with Crippen LogP contribution in [0, 0.1) is 0 Å². The average molecular weight is 309 g/mol. The Balaban J connectivity index is 0.00000196. The van der Waals surface area contributed by atoms with Crippen LogP contribution < -0.4 is 0 Å². The average Bonchev–Trinajstić information content (AvgIpc) is 2.60. The predicted molar refractivity (Wildman–Crippen MR) is 85.2 cm³/mol. The minimum Gasteiger partial charge on any atom is -0.504 e. The van der Waals surface area contributed by atoms with Crippen molar-refractivity contribution in [3.63, 3.8) is 0 Å². The smallest absolute Gasteiger partial charge is 0.165 e. The molecule has 0 unspecified atom stereocenters. The van der Waals surface area contributed by atoms with Crippen molar-refractivity contribution in [2.24, 2.45) is 0 Å². The molecular formula is C17H18ClNO2. The molecule has 1 atom stereocenters. The lowest BCUT2D eigenvalue weighted by atomic mass is 9.77.